The number of unbranched alkanes of at least 4 members (excludes halogenated alkanes) is 3. The molecule has 1 aliphatic heterocycles. The smallest absolute Gasteiger partial charge is 0.320 e. The van der Waals surface area contributed by atoms with Gasteiger partial charge in [-0.3, -0.25) is 9.36 Å². The molecular formula is C23H38N6O4. The van der Waals surface area contributed by atoms with Gasteiger partial charge in [-0.05, 0) is 57.7 Å². The third-order valence-electron chi connectivity index (χ3n) is 6.22. The molecule has 3 rings (SSSR count). The summed E-state index contributed by atoms with van der Waals surface area (Å²) in [5.74, 6) is 0.669. The van der Waals surface area contributed by atoms with E-state index < -0.39 is 0 Å². The maximum Gasteiger partial charge on any atom is 0.320 e. The molecule has 3 heterocycles. The number of esters is 1. The van der Waals surface area contributed by atoms with Crippen molar-refractivity contribution in [2.24, 2.45) is 5.92 Å². The molecule has 1 saturated heterocycles. The van der Waals surface area contributed by atoms with E-state index in [9.17, 15) is 4.79 Å². The summed E-state index contributed by atoms with van der Waals surface area (Å²) in [7, 11) is 3.06. The average Bonchev–Trinajstić information content (AvgIpc) is 3.18. The molecule has 0 aromatic carbocycles. The maximum atomic E-state index is 11.5. The molecule has 33 heavy (non-hydrogen) atoms. The van der Waals surface area contributed by atoms with Crippen molar-refractivity contribution in [1.29, 1.82) is 0 Å². The van der Waals surface area contributed by atoms with Gasteiger partial charge >= 0.3 is 12.0 Å². The maximum absolute atomic E-state index is 11.5. The van der Waals surface area contributed by atoms with Crippen LogP contribution in [0.2, 0.25) is 0 Å². The summed E-state index contributed by atoms with van der Waals surface area (Å²) in [4.78, 5) is 27.2. The molecule has 10 heteroatoms. The molecule has 0 atom stereocenters. The molecule has 1 aliphatic rings. The number of rotatable bonds is 13. The van der Waals surface area contributed by atoms with Crippen molar-refractivity contribution in [3.05, 3.63) is 0 Å². The Morgan fingerprint density at radius 2 is 1.82 bits per heavy atom. The fourth-order valence-corrected chi connectivity index (χ4v) is 4.23. The first-order valence-corrected chi connectivity index (χ1v) is 12.0. The lowest BCUT2D eigenvalue weighted by Crippen LogP contribution is -2.35. The second-order valence-electron chi connectivity index (χ2n) is 8.64. The summed E-state index contributed by atoms with van der Waals surface area (Å²) in [5.41, 5.74) is 7.30. The molecule has 1 fully saturated rings. The summed E-state index contributed by atoms with van der Waals surface area (Å²) in [6.45, 7) is 6.60. The lowest BCUT2D eigenvalue weighted by molar-refractivity contribution is -0.142. The molecule has 0 amide bonds. The first-order valence-electron chi connectivity index (χ1n) is 12.0. The third-order valence-corrected chi connectivity index (χ3v) is 6.22. The van der Waals surface area contributed by atoms with Gasteiger partial charge in [-0.25, -0.2) is 0 Å². The van der Waals surface area contributed by atoms with Gasteiger partial charge in [-0.1, -0.05) is 19.8 Å². The van der Waals surface area contributed by atoms with Gasteiger partial charge in [0.25, 0.3) is 6.01 Å². The van der Waals surface area contributed by atoms with Gasteiger partial charge in [-0.15, -0.1) is 0 Å². The zero-order chi connectivity index (χ0) is 23.6. The second-order valence-corrected chi connectivity index (χ2v) is 8.64. The summed E-state index contributed by atoms with van der Waals surface area (Å²) >= 11 is 0. The number of piperidine rings is 1. The van der Waals surface area contributed by atoms with Crippen LogP contribution in [0, 0.1) is 5.92 Å². The monoisotopic (exact) mass is 462 g/mol. The van der Waals surface area contributed by atoms with Gasteiger partial charge in [0.05, 0.1) is 20.8 Å². The van der Waals surface area contributed by atoms with Crippen LogP contribution < -0.4 is 15.2 Å². The van der Waals surface area contributed by atoms with E-state index in [1.165, 1.54) is 7.11 Å². The first-order chi connectivity index (χ1) is 16.0. The highest BCUT2D eigenvalue weighted by molar-refractivity contribution is 5.83. The first kappa shape index (κ1) is 25.0. The van der Waals surface area contributed by atoms with Crippen molar-refractivity contribution in [2.75, 3.05) is 46.2 Å². The Morgan fingerprint density at radius 3 is 2.52 bits per heavy atom. The van der Waals surface area contributed by atoms with Crippen LogP contribution in [0.3, 0.4) is 0 Å². The van der Waals surface area contributed by atoms with Gasteiger partial charge in [-0.2, -0.15) is 15.0 Å². The molecule has 2 aromatic rings. The van der Waals surface area contributed by atoms with Crippen LogP contribution in [0.15, 0.2) is 0 Å². The fourth-order valence-electron chi connectivity index (χ4n) is 4.23. The van der Waals surface area contributed by atoms with Crippen molar-refractivity contribution in [2.45, 2.75) is 64.8 Å². The Hall–Kier alpha value is -2.62. The Kier molecular flexibility index (Phi) is 9.53. The van der Waals surface area contributed by atoms with E-state index in [1.54, 1.807) is 7.11 Å². The van der Waals surface area contributed by atoms with Crippen LogP contribution in [0.5, 0.6) is 12.0 Å². The van der Waals surface area contributed by atoms with Gasteiger partial charge < -0.3 is 24.8 Å². The summed E-state index contributed by atoms with van der Waals surface area (Å²) in [6, 6.07) is 0.775. The minimum absolute atomic E-state index is 0.0948. The van der Waals surface area contributed by atoms with E-state index in [-0.39, 0.29) is 12.0 Å². The molecule has 0 bridgehead atoms. The number of ether oxygens (including phenoxy) is 3. The molecule has 184 valence electrons. The van der Waals surface area contributed by atoms with Gasteiger partial charge in [0, 0.05) is 13.0 Å². The third kappa shape index (κ3) is 6.93. The number of nitrogens with zero attached hydrogens (tertiary/aromatic N) is 5. The van der Waals surface area contributed by atoms with E-state index in [1.807, 2.05) is 4.57 Å². The number of hydrogen-bond acceptors (Lipinski definition) is 9. The number of carbonyl (C=O) groups excluding carboxylic acids is 1. The number of methoxy groups -OCH3 is 2. The highest BCUT2D eigenvalue weighted by Crippen LogP contribution is 2.26. The second kappa shape index (κ2) is 12.6. The lowest BCUT2D eigenvalue weighted by atomic mass is 9.93. The van der Waals surface area contributed by atoms with E-state index >= 15 is 0 Å². The molecular weight excluding hydrogens is 424 g/mol. The molecule has 0 unspecified atom stereocenters. The standard InChI is InChI=1S/C23H38N6O4/c1-4-5-15-33-22-26-20(24)19-21(27-22)29(23(25-19)32-3)12-8-6-7-11-28-13-9-17(10-14-28)16-18(30)31-2/h17H,4-16H2,1-3H3,(H2,24,26,27). The van der Waals surface area contributed by atoms with Crippen LogP contribution in [-0.4, -0.2) is 70.8 Å². The zero-order valence-corrected chi connectivity index (χ0v) is 20.2. The predicted octanol–water partition coefficient (Wildman–Crippen LogP) is 3.04. The van der Waals surface area contributed by atoms with Crippen molar-refractivity contribution in [3.63, 3.8) is 0 Å². The van der Waals surface area contributed by atoms with Crippen molar-refractivity contribution in [1.82, 2.24) is 24.4 Å². The molecule has 10 nitrogen and oxygen atoms in total. The van der Waals surface area contributed by atoms with Crippen LogP contribution in [-0.2, 0) is 16.1 Å². The van der Waals surface area contributed by atoms with Gasteiger partial charge in [0.15, 0.2) is 17.0 Å². The predicted molar refractivity (Wildman–Crippen MR) is 126 cm³/mol. The van der Waals surface area contributed by atoms with Crippen LogP contribution in [0.1, 0.15) is 58.3 Å². The Balaban J connectivity index is 1.48. The number of aryl methyl sites for hydroxylation is 1. The molecule has 0 radical (unpaired) electrons. The van der Waals surface area contributed by atoms with Gasteiger partial charge in [0.2, 0.25) is 0 Å². The highest BCUT2D eigenvalue weighted by atomic mass is 16.5. The SMILES string of the molecule is CCCCOc1nc(N)c2nc(OC)n(CCCCCN3CCC(CC(=O)OC)CC3)c2n1. The minimum atomic E-state index is -0.0948. The molecule has 0 aliphatic carbocycles. The number of likely N-dealkylation sites (tertiary alicyclic amines) is 1. The molecule has 2 aromatic heterocycles. The highest BCUT2D eigenvalue weighted by Gasteiger charge is 2.21. The van der Waals surface area contributed by atoms with Crippen molar-refractivity contribution >= 4 is 23.0 Å². The number of anilines is 1. The largest absolute Gasteiger partial charge is 0.469 e. The van der Waals surface area contributed by atoms with Crippen LogP contribution >= 0.6 is 0 Å². The number of nitrogen functional groups attached to an aromatic ring is 1. The number of nitrogens with two attached hydrogens (primary N) is 1. The minimum Gasteiger partial charge on any atom is -0.469 e. The van der Waals surface area contributed by atoms with Gasteiger partial charge in [0.1, 0.15) is 0 Å². The van der Waals surface area contributed by atoms with E-state index in [0.717, 1.165) is 71.1 Å². The van der Waals surface area contributed by atoms with E-state index in [0.29, 0.717) is 41.9 Å². The molecule has 2 N–H and O–H groups in total. The topological polar surface area (TPSA) is 118 Å². The van der Waals surface area contributed by atoms with Crippen LogP contribution in [0.25, 0.3) is 11.2 Å². The Bertz CT molecular complexity index is 895. The van der Waals surface area contributed by atoms with Crippen molar-refractivity contribution in [3.8, 4) is 12.0 Å². The zero-order valence-electron chi connectivity index (χ0n) is 20.2. The van der Waals surface area contributed by atoms with Crippen molar-refractivity contribution < 1.29 is 19.0 Å². The lowest BCUT2D eigenvalue weighted by Gasteiger charge is -2.31. The summed E-state index contributed by atoms with van der Waals surface area (Å²) in [6.07, 6.45) is 7.85. The summed E-state index contributed by atoms with van der Waals surface area (Å²) < 4.78 is 17.9. The normalized spacial score (nSPS) is 15.1. The van der Waals surface area contributed by atoms with Crippen LogP contribution in [0.4, 0.5) is 5.82 Å². The number of carbonyl (C=O) groups is 1. The number of hydrogen-bond donors (Lipinski definition) is 1. The Morgan fingerprint density at radius 1 is 1.06 bits per heavy atom. The van der Waals surface area contributed by atoms with E-state index in [2.05, 4.69) is 26.8 Å². The van der Waals surface area contributed by atoms with E-state index in [4.69, 9.17) is 19.9 Å². The molecule has 0 saturated carbocycles. The quantitative estimate of drug-likeness (QED) is 0.354. The fraction of sp³-hybridized carbons (Fsp3) is 0.739. The molecule has 0 spiro atoms. The summed E-state index contributed by atoms with van der Waals surface area (Å²) in [5, 5.41) is 0. The number of fused-ring (bicyclic) bond motifs is 1. The number of imidazole rings is 1. The Labute approximate surface area is 195 Å². The average molecular weight is 463 g/mol. The number of aromatic nitrogens is 4.